The smallest absolute Gasteiger partial charge is 0.320 e. The van der Waals surface area contributed by atoms with Crippen molar-refractivity contribution in [3.63, 3.8) is 0 Å². The van der Waals surface area contributed by atoms with E-state index in [9.17, 15) is 4.79 Å². The molecule has 3 N–H and O–H groups in total. The van der Waals surface area contributed by atoms with Crippen LogP contribution < -0.4 is 5.73 Å². The van der Waals surface area contributed by atoms with Gasteiger partial charge in [-0.1, -0.05) is 12.8 Å². The topological polar surface area (TPSA) is 63.3 Å². The van der Waals surface area contributed by atoms with Crippen molar-refractivity contribution in [1.29, 1.82) is 0 Å². The molecular formula is C8H17NO2S. The van der Waals surface area contributed by atoms with Gasteiger partial charge in [0.2, 0.25) is 0 Å². The Labute approximate surface area is 77.7 Å². The Bertz CT molecular complexity index is 130. The first-order valence-electron chi connectivity index (χ1n) is 4.15. The van der Waals surface area contributed by atoms with Crippen molar-refractivity contribution in [3.8, 4) is 0 Å². The predicted octanol–water partition coefficient (Wildman–Crippen LogP) is 1.32. The minimum atomic E-state index is -0.889. The average Bonchev–Trinajstić information content (AvgIpc) is 2.03. The number of nitrogens with two attached hydrogens (primary N) is 1. The lowest BCUT2D eigenvalue weighted by Crippen LogP contribution is -2.29. The highest BCUT2D eigenvalue weighted by Crippen LogP contribution is 2.05. The Balaban J connectivity index is 3.14. The quantitative estimate of drug-likeness (QED) is 0.596. The van der Waals surface area contributed by atoms with Crippen LogP contribution in [0, 0.1) is 0 Å². The predicted molar refractivity (Wildman–Crippen MR) is 52.5 cm³/mol. The largest absolute Gasteiger partial charge is 0.480 e. The van der Waals surface area contributed by atoms with E-state index in [4.69, 9.17) is 10.8 Å². The number of aliphatic carboxylic acids is 1. The number of hydrogen-bond donors (Lipinski definition) is 2. The standard InChI is InChI=1S/C8H17NO2S/c1-12-6-4-2-3-5-7(9)8(10)11/h7H,2-6,9H2,1H3,(H,10,11). The fraction of sp³-hybridized carbons (Fsp3) is 0.875. The number of carboxylic acid groups (broad SMARTS) is 1. The van der Waals surface area contributed by atoms with E-state index < -0.39 is 12.0 Å². The zero-order valence-electron chi connectivity index (χ0n) is 7.45. The van der Waals surface area contributed by atoms with Gasteiger partial charge in [-0.2, -0.15) is 11.8 Å². The van der Waals surface area contributed by atoms with Gasteiger partial charge in [0.25, 0.3) is 0 Å². The van der Waals surface area contributed by atoms with Crippen molar-refractivity contribution in [2.75, 3.05) is 12.0 Å². The first-order chi connectivity index (χ1) is 5.68. The van der Waals surface area contributed by atoms with Crippen LogP contribution in [0.5, 0.6) is 0 Å². The number of carbonyl (C=O) groups is 1. The minimum absolute atomic E-state index is 0.601. The van der Waals surface area contributed by atoms with Crippen molar-refractivity contribution < 1.29 is 9.90 Å². The molecule has 0 fully saturated rings. The molecule has 4 heteroatoms. The number of unbranched alkanes of at least 4 members (excludes halogenated alkanes) is 2. The molecule has 0 aromatic heterocycles. The van der Waals surface area contributed by atoms with E-state index in [-0.39, 0.29) is 0 Å². The fourth-order valence-corrected chi connectivity index (χ4v) is 1.40. The highest BCUT2D eigenvalue weighted by molar-refractivity contribution is 7.98. The van der Waals surface area contributed by atoms with Crippen molar-refractivity contribution in [2.45, 2.75) is 31.7 Å². The maximum absolute atomic E-state index is 10.3. The van der Waals surface area contributed by atoms with Gasteiger partial charge in [-0.25, -0.2) is 0 Å². The number of hydrogen-bond acceptors (Lipinski definition) is 3. The van der Waals surface area contributed by atoms with Crippen LogP contribution in [-0.4, -0.2) is 29.1 Å². The molecular weight excluding hydrogens is 174 g/mol. The van der Waals surface area contributed by atoms with Crippen LogP contribution in [0.25, 0.3) is 0 Å². The van der Waals surface area contributed by atoms with Gasteiger partial charge in [-0.15, -0.1) is 0 Å². The Morgan fingerprint density at radius 1 is 1.50 bits per heavy atom. The Hall–Kier alpha value is -0.220. The first kappa shape index (κ1) is 11.8. The van der Waals surface area contributed by atoms with E-state index in [1.165, 1.54) is 0 Å². The van der Waals surface area contributed by atoms with Gasteiger partial charge < -0.3 is 10.8 Å². The molecule has 0 heterocycles. The van der Waals surface area contributed by atoms with Gasteiger partial charge in [0.05, 0.1) is 0 Å². The van der Waals surface area contributed by atoms with E-state index in [0.29, 0.717) is 6.42 Å². The monoisotopic (exact) mass is 191 g/mol. The molecule has 3 nitrogen and oxygen atoms in total. The normalized spacial score (nSPS) is 12.8. The van der Waals surface area contributed by atoms with Crippen LogP contribution in [0.4, 0.5) is 0 Å². The summed E-state index contributed by atoms with van der Waals surface area (Å²) in [7, 11) is 0. The molecule has 0 amide bonds. The molecule has 0 saturated heterocycles. The third-order valence-corrected chi connectivity index (χ3v) is 2.38. The van der Waals surface area contributed by atoms with Gasteiger partial charge in [0, 0.05) is 0 Å². The van der Waals surface area contributed by atoms with E-state index in [2.05, 4.69) is 6.26 Å². The second kappa shape index (κ2) is 7.43. The Kier molecular flexibility index (Phi) is 7.29. The molecule has 0 aromatic rings. The molecule has 0 aromatic carbocycles. The second-order valence-electron chi connectivity index (χ2n) is 2.79. The highest BCUT2D eigenvalue weighted by Gasteiger charge is 2.09. The molecule has 0 radical (unpaired) electrons. The third kappa shape index (κ3) is 6.49. The molecule has 0 bridgehead atoms. The molecule has 12 heavy (non-hydrogen) atoms. The summed E-state index contributed by atoms with van der Waals surface area (Å²) < 4.78 is 0. The summed E-state index contributed by atoms with van der Waals surface area (Å²) >= 11 is 1.82. The molecule has 72 valence electrons. The summed E-state index contributed by atoms with van der Waals surface area (Å²) in [5.41, 5.74) is 5.33. The summed E-state index contributed by atoms with van der Waals surface area (Å²) in [4.78, 5) is 10.3. The summed E-state index contributed by atoms with van der Waals surface area (Å²) in [6.45, 7) is 0. The van der Waals surface area contributed by atoms with Crippen LogP contribution in [0.1, 0.15) is 25.7 Å². The number of rotatable bonds is 7. The molecule has 0 aliphatic heterocycles. The van der Waals surface area contributed by atoms with E-state index in [1.54, 1.807) is 0 Å². The lowest BCUT2D eigenvalue weighted by Gasteiger charge is -2.04. The zero-order chi connectivity index (χ0) is 9.40. The Morgan fingerprint density at radius 3 is 2.67 bits per heavy atom. The zero-order valence-corrected chi connectivity index (χ0v) is 8.27. The summed E-state index contributed by atoms with van der Waals surface area (Å²) in [5, 5.41) is 8.46. The van der Waals surface area contributed by atoms with Crippen molar-refractivity contribution in [2.24, 2.45) is 5.73 Å². The molecule has 1 atom stereocenters. The first-order valence-corrected chi connectivity index (χ1v) is 5.55. The number of carboxylic acids is 1. The molecule has 0 aliphatic rings. The Morgan fingerprint density at radius 2 is 2.17 bits per heavy atom. The highest BCUT2D eigenvalue weighted by atomic mass is 32.2. The SMILES string of the molecule is CSCCCCCC(N)C(=O)O. The fourth-order valence-electron chi connectivity index (χ4n) is 0.911. The van der Waals surface area contributed by atoms with Gasteiger partial charge >= 0.3 is 5.97 Å². The lowest BCUT2D eigenvalue weighted by molar-refractivity contribution is -0.138. The van der Waals surface area contributed by atoms with Crippen molar-refractivity contribution >= 4 is 17.7 Å². The minimum Gasteiger partial charge on any atom is -0.480 e. The van der Waals surface area contributed by atoms with E-state index >= 15 is 0 Å². The van der Waals surface area contributed by atoms with Crippen LogP contribution in [0.2, 0.25) is 0 Å². The molecule has 0 rings (SSSR count). The molecule has 0 spiro atoms. The van der Waals surface area contributed by atoms with Crippen molar-refractivity contribution in [3.05, 3.63) is 0 Å². The van der Waals surface area contributed by atoms with Crippen LogP contribution in [0.15, 0.2) is 0 Å². The molecule has 0 aliphatic carbocycles. The lowest BCUT2D eigenvalue weighted by atomic mass is 10.1. The van der Waals surface area contributed by atoms with Gasteiger partial charge in [0.15, 0.2) is 0 Å². The maximum atomic E-state index is 10.3. The summed E-state index contributed by atoms with van der Waals surface area (Å²) in [5.74, 6) is 0.266. The average molecular weight is 191 g/mol. The van der Waals surface area contributed by atoms with Gasteiger partial charge in [-0.05, 0) is 24.9 Å². The van der Waals surface area contributed by atoms with Crippen LogP contribution in [-0.2, 0) is 4.79 Å². The van der Waals surface area contributed by atoms with Crippen molar-refractivity contribution in [1.82, 2.24) is 0 Å². The van der Waals surface area contributed by atoms with Gasteiger partial charge in [0.1, 0.15) is 6.04 Å². The van der Waals surface area contributed by atoms with Crippen LogP contribution in [0.3, 0.4) is 0 Å². The van der Waals surface area contributed by atoms with E-state index in [1.807, 2.05) is 11.8 Å². The number of thioether (sulfide) groups is 1. The van der Waals surface area contributed by atoms with Gasteiger partial charge in [-0.3, -0.25) is 4.79 Å². The summed E-state index contributed by atoms with van der Waals surface area (Å²) in [6, 6.07) is -0.667. The molecule has 1 unspecified atom stereocenters. The van der Waals surface area contributed by atoms with Crippen LogP contribution >= 0.6 is 11.8 Å². The summed E-state index contributed by atoms with van der Waals surface area (Å²) in [6.07, 6.45) is 5.84. The maximum Gasteiger partial charge on any atom is 0.320 e. The van der Waals surface area contributed by atoms with E-state index in [0.717, 1.165) is 25.0 Å². The third-order valence-electron chi connectivity index (χ3n) is 1.68. The molecule has 0 saturated carbocycles. The second-order valence-corrected chi connectivity index (χ2v) is 3.77.